The number of hydrogen-bond acceptors (Lipinski definition) is 3. The number of benzene rings is 1. The lowest BCUT2D eigenvalue weighted by Crippen LogP contribution is -2.15. The lowest BCUT2D eigenvalue weighted by molar-refractivity contribution is 0.102. The van der Waals surface area contributed by atoms with Gasteiger partial charge in [-0.05, 0) is 24.3 Å². The van der Waals surface area contributed by atoms with Crippen LogP contribution in [-0.4, -0.2) is 10.9 Å². The Morgan fingerprint density at radius 1 is 1.39 bits per heavy atom. The first kappa shape index (κ1) is 12.5. The van der Waals surface area contributed by atoms with E-state index in [4.69, 9.17) is 5.73 Å². The van der Waals surface area contributed by atoms with Crippen LogP contribution < -0.4 is 11.1 Å². The quantitative estimate of drug-likeness (QED) is 0.838. The number of nitrogen functional groups attached to an aromatic ring is 1. The molecule has 0 aliphatic carbocycles. The Morgan fingerprint density at radius 2 is 2.17 bits per heavy atom. The predicted molar refractivity (Wildman–Crippen MR) is 70.7 cm³/mol. The number of aromatic nitrogens is 1. The van der Waals surface area contributed by atoms with Crippen LogP contribution in [0.15, 0.2) is 41.1 Å². The molecule has 0 fully saturated rings. The number of amides is 1. The van der Waals surface area contributed by atoms with E-state index in [1.807, 2.05) is 0 Å². The van der Waals surface area contributed by atoms with Crippen molar-refractivity contribution in [3.8, 4) is 0 Å². The number of pyridine rings is 1. The van der Waals surface area contributed by atoms with Crippen LogP contribution in [0.4, 0.5) is 15.8 Å². The van der Waals surface area contributed by atoms with Crippen molar-refractivity contribution in [3.63, 3.8) is 0 Å². The molecule has 4 nitrogen and oxygen atoms in total. The minimum Gasteiger partial charge on any atom is -0.397 e. The minimum atomic E-state index is -0.675. The van der Waals surface area contributed by atoms with E-state index in [0.29, 0.717) is 11.4 Å². The maximum atomic E-state index is 13.3. The Balaban J connectivity index is 2.24. The van der Waals surface area contributed by atoms with Crippen molar-refractivity contribution in [2.45, 2.75) is 0 Å². The maximum absolute atomic E-state index is 13.3. The van der Waals surface area contributed by atoms with Crippen molar-refractivity contribution in [2.24, 2.45) is 0 Å². The molecule has 2 aromatic rings. The zero-order chi connectivity index (χ0) is 13.1. The molecule has 1 amide bonds. The van der Waals surface area contributed by atoms with E-state index in [9.17, 15) is 9.18 Å². The van der Waals surface area contributed by atoms with Crippen molar-refractivity contribution in [2.75, 3.05) is 11.1 Å². The van der Waals surface area contributed by atoms with Gasteiger partial charge in [0.25, 0.3) is 5.91 Å². The lowest BCUT2D eigenvalue weighted by atomic mass is 10.2. The SMILES string of the molecule is Nc1cc(Br)ccc1NC(=O)c1ccncc1F. The Hall–Kier alpha value is -1.95. The number of rotatable bonds is 2. The molecule has 3 N–H and O–H groups in total. The van der Waals surface area contributed by atoms with Crippen LogP contribution in [0, 0.1) is 5.82 Å². The van der Waals surface area contributed by atoms with E-state index in [1.54, 1.807) is 18.2 Å². The van der Waals surface area contributed by atoms with E-state index in [2.05, 4.69) is 26.2 Å². The van der Waals surface area contributed by atoms with Crippen LogP contribution in [-0.2, 0) is 0 Å². The molecule has 0 aliphatic rings. The summed E-state index contributed by atoms with van der Waals surface area (Å²) in [6.07, 6.45) is 2.34. The Labute approximate surface area is 111 Å². The summed E-state index contributed by atoms with van der Waals surface area (Å²) in [6, 6.07) is 6.32. The average molecular weight is 310 g/mol. The van der Waals surface area contributed by atoms with Gasteiger partial charge < -0.3 is 11.1 Å². The second-order valence-electron chi connectivity index (χ2n) is 3.54. The zero-order valence-electron chi connectivity index (χ0n) is 9.15. The maximum Gasteiger partial charge on any atom is 0.258 e. The van der Waals surface area contributed by atoms with Crippen molar-refractivity contribution >= 4 is 33.2 Å². The van der Waals surface area contributed by atoms with Gasteiger partial charge in [-0.25, -0.2) is 4.39 Å². The van der Waals surface area contributed by atoms with Gasteiger partial charge in [-0.1, -0.05) is 15.9 Å². The minimum absolute atomic E-state index is 0.0766. The Kier molecular flexibility index (Phi) is 3.57. The van der Waals surface area contributed by atoms with E-state index in [-0.39, 0.29) is 5.56 Å². The highest BCUT2D eigenvalue weighted by atomic mass is 79.9. The molecule has 1 aromatic heterocycles. The number of nitrogens with one attached hydrogen (secondary N) is 1. The van der Waals surface area contributed by atoms with Crippen LogP contribution in [0.1, 0.15) is 10.4 Å². The van der Waals surface area contributed by atoms with Crippen LogP contribution in [0.2, 0.25) is 0 Å². The second-order valence-corrected chi connectivity index (χ2v) is 4.46. The fourth-order valence-electron chi connectivity index (χ4n) is 1.40. The van der Waals surface area contributed by atoms with Crippen molar-refractivity contribution < 1.29 is 9.18 Å². The van der Waals surface area contributed by atoms with Crippen LogP contribution in [0.3, 0.4) is 0 Å². The molecule has 0 spiro atoms. The third kappa shape index (κ3) is 2.65. The number of hydrogen-bond donors (Lipinski definition) is 2. The van der Waals surface area contributed by atoms with E-state index < -0.39 is 11.7 Å². The molecular formula is C12H9BrFN3O. The monoisotopic (exact) mass is 309 g/mol. The molecule has 0 saturated carbocycles. The number of anilines is 2. The van der Waals surface area contributed by atoms with Crippen molar-refractivity contribution in [1.29, 1.82) is 0 Å². The normalized spacial score (nSPS) is 10.1. The number of carbonyl (C=O) groups is 1. The van der Waals surface area contributed by atoms with Gasteiger partial charge in [0.2, 0.25) is 0 Å². The topological polar surface area (TPSA) is 68.0 Å². The molecular weight excluding hydrogens is 301 g/mol. The van der Waals surface area contributed by atoms with Gasteiger partial charge in [-0.3, -0.25) is 9.78 Å². The number of nitrogens with zero attached hydrogens (tertiary/aromatic N) is 1. The van der Waals surface area contributed by atoms with E-state index in [1.165, 1.54) is 12.3 Å². The fraction of sp³-hybridized carbons (Fsp3) is 0. The second kappa shape index (κ2) is 5.14. The van der Waals surface area contributed by atoms with Gasteiger partial charge in [0.05, 0.1) is 23.1 Å². The highest BCUT2D eigenvalue weighted by Gasteiger charge is 2.12. The zero-order valence-corrected chi connectivity index (χ0v) is 10.7. The Morgan fingerprint density at radius 3 is 2.83 bits per heavy atom. The fourth-order valence-corrected chi connectivity index (χ4v) is 1.78. The average Bonchev–Trinajstić information content (AvgIpc) is 2.33. The summed E-state index contributed by atoms with van der Waals surface area (Å²) in [6.45, 7) is 0. The number of carbonyl (C=O) groups excluding carboxylic acids is 1. The summed E-state index contributed by atoms with van der Waals surface area (Å²) in [5, 5.41) is 2.54. The third-order valence-electron chi connectivity index (χ3n) is 2.28. The lowest BCUT2D eigenvalue weighted by Gasteiger charge is -2.08. The summed E-state index contributed by atoms with van der Waals surface area (Å²) in [5.41, 5.74) is 6.48. The molecule has 18 heavy (non-hydrogen) atoms. The molecule has 0 unspecified atom stereocenters. The van der Waals surface area contributed by atoms with Crippen LogP contribution >= 0.6 is 15.9 Å². The Bertz CT molecular complexity index is 604. The molecule has 92 valence electrons. The van der Waals surface area contributed by atoms with E-state index in [0.717, 1.165) is 10.7 Å². The summed E-state index contributed by atoms with van der Waals surface area (Å²) in [5.74, 6) is -1.24. The summed E-state index contributed by atoms with van der Waals surface area (Å²) < 4.78 is 14.1. The predicted octanol–water partition coefficient (Wildman–Crippen LogP) is 2.82. The standard InChI is InChI=1S/C12H9BrFN3O/c13-7-1-2-11(10(15)5-7)17-12(18)8-3-4-16-6-9(8)14/h1-6H,15H2,(H,17,18). The molecule has 0 bridgehead atoms. The van der Waals surface area contributed by atoms with Gasteiger partial charge in [0, 0.05) is 10.7 Å². The molecule has 6 heteroatoms. The molecule has 0 saturated heterocycles. The first-order chi connectivity index (χ1) is 8.58. The van der Waals surface area contributed by atoms with Crippen LogP contribution in [0.5, 0.6) is 0 Å². The van der Waals surface area contributed by atoms with Gasteiger partial charge in [0.15, 0.2) is 5.82 Å². The molecule has 0 aliphatic heterocycles. The number of halogens is 2. The molecule has 2 rings (SSSR count). The molecule has 0 radical (unpaired) electrons. The van der Waals surface area contributed by atoms with Gasteiger partial charge >= 0.3 is 0 Å². The highest BCUT2D eigenvalue weighted by Crippen LogP contribution is 2.23. The van der Waals surface area contributed by atoms with Crippen molar-refractivity contribution in [1.82, 2.24) is 4.98 Å². The molecule has 0 atom stereocenters. The first-order valence-corrected chi connectivity index (χ1v) is 5.83. The van der Waals surface area contributed by atoms with Gasteiger partial charge in [-0.2, -0.15) is 0 Å². The van der Waals surface area contributed by atoms with E-state index >= 15 is 0 Å². The number of nitrogens with two attached hydrogens (primary N) is 1. The molecule has 1 aromatic carbocycles. The smallest absolute Gasteiger partial charge is 0.258 e. The largest absolute Gasteiger partial charge is 0.397 e. The summed E-state index contributed by atoms with van der Waals surface area (Å²) >= 11 is 3.26. The van der Waals surface area contributed by atoms with Gasteiger partial charge in [-0.15, -0.1) is 0 Å². The third-order valence-corrected chi connectivity index (χ3v) is 2.77. The summed E-state index contributed by atoms with van der Waals surface area (Å²) in [4.78, 5) is 15.4. The summed E-state index contributed by atoms with van der Waals surface area (Å²) in [7, 11) is 0. The molecule has 1 heterocycles. The van der Waals surface area contributed by atoms with Crippen LogP contribution in [0.25, 0.3) is 0 Å². The highest BCUT2D eigenvalue weighted by molar-refractivity contribution is 9.10. The van der Waals surface area contributed by atoms with Gasteiger partial charge in [0.1, 0.15) is 0 Å². The van der Waals surface area contributed by atoms with Crippen molar-refractivity contribution in [3.05, 3.63) is 52.5 Å². The first-order valence-electron chi connectivity index (χ1n) is 5.04.